The summed E-state index contributed by atoms with van der Waals surface area (Å²) in [5.41, 5.74) is 1.21. The Kier molecular flexibility index (Phi) is 16.3. The van der Waals surface area contributed by atoms with Gasteiger partial charge >= 0.3 is 17.9 Å². The maximum Gasteiger partial charge on any atom is 0.335 e. The second kappa shape index (κ2) is 19.5. The van der Waals surface area contributed by atoms with Crippen LogP contribution < -0.4 is 4.74 Å². The van der Waals surface area contributed by atoms with Gasteiger partial charge in [-0.1, -0.05) is 58.8 Å². The molecule has 39 heavy (non-hydrogen) atoms. The van der Waals surface area contributed by atoms with Crippen LogP contribution in [-0.4, -0.2) is 42.8 Å². The smallest absolute Gasteiger partial charge is 0.335 e. The Hall–Kier alpha value is -2.57. The highest BCUT2D eigenvalue weighted by Gasteiger charge is 2.38. The van der Waals surface area contributed by atoms with E-state index in [9.17, 15) is 19.5 Å². The Bertz CT molecular complexity index is 866. The molecule has 0 heterocycles. The first kappa shape index (κ1) is 32.6. The van der Waals surface area contributed by atoms with Crippen LogP contribution in [0.5, 0.6) is 5.75 Å². The predicted octanol–water partition coefficient (Wildman–Crippen LogP) is 7.84. The molecule has 0 spiro atoms. The van der Waals surface area contributed by atoms with Gasteiger partial charge in [-0.2, -0.15) is 0 Å². The van der Waals surface area contributed by atoms with E-state index < -0.39 is 5.97 Å². The molecule has 7 nitrogen and oxygen atoms in total. The number of carbonyl (C=O) groups excluding carboxylic acids is 2. The lowest BCUT2D eigenvalue weighted by molar-refractivity contribution is -0.144. The first-order valence-electron chi connectivity index (χ1n) is 15.3. The number of aromatic carboxylic acids is 1. The van der Waals surface area contributed by atoms with Crippen molar-refractivity contribution < 1.29 is 33.7 Å². The van der Waals surface area contributed by atoms with Crippen LogP contribution in [0.4, 0.5) is 0 Å². The normalized spacial score (nSPS) is 16.1. The van der Waals surface area contributed by atoms with Crippen LogP contribution in [0.2, 0.25) is 0 Å². The number of benzene rings is 1. The Morgan fingerprint density at radius 3 is 1.97 bits per heavy atom. The average Bonchev–Trinajstić information content (AvgIpc) is 3.70. The molecule has 2 atom stereocenters. The molecule has 0 amide bonds. The number of carboxylic acid groups (broad SMARTS) is 1. The third-order valence-electron chi connectivity index (χ3n) is 7.30. The molecule has 2 rings (SSSR count). The van der Waals surface area contributed by atoms with E-state index in [1.54, 1.807) is 12.1 Å². The molecule has 2 unspecified atom stereocenters. The standard InChI is InChI=1S/C32H50O7/c1-3-5-7-9-12-20-38-30(33)16-10-13-18-37-28-22-26(21-27(23-28)32(35)36)29-24-25(29)15-14-17-31(34)39-19-11-8-6-4-2/h21-23,25,29H,3-20,24H2,1-2H3,(H,35,36). The van der Waals surface area contributed by atoms with Gasteiger partial charge in [-0.25, -0.2) is 4.79 Å². The average molecular weight is 547 g/mol. The second-order valence-corrected chi connectivity index (χ2v) is 10.8. The molecular formula is C32H50O7. The monoisotopic (exact) mass is 546 g/mol. The lowest BCUT2D eigenvalue weighted by Gasteiger charge is -2.10. The maximum absolute atomic E-state index is 11.9. The van der Waals surface area contributed by atoms with Gasteiger partial charge in [0.25, 0.3) is 0 Å². The highest BCUT2D eigenvalue weighted by atomic mass is 16.5. The first-order valence-corrected chi connectivity index (χ1v) is 15.3. The second-order valence-electron chi connectivity index (χ2n) is 10.8. The van der Waals surface area contributed by atoms with Crippen LogP contribution in [-0.2, 0) is 19.1 Å². The van der Waals surface area contributed by atoms with Gasteiger partial charge in [-0.3, -0.25) is 9.59 Å². The fraction of sp³-hybridized carbons (Fsp3) is 0.719. The van der Waals surface area contributed by atoms with Gasteiger partial charge in [0.05, 0.1) is 25.4 Å². The summed E-state index contributed by atoms with van der Waals surface area (Å²) in [5, 5.41) is 9.57. The van der Waals surface area contributed by atoms with Crippen LogP contribution in [0.1, 0.15) is 138 Å². The van der Waals surface area contributed by atoms with Gasteiger partial charge in [0.15, 0.2) is 0 Å². The summed E-state index contributed by atoms with van der Waals surface area (Å²) in [6, 6.07) is 5.24. The van der Waals surface area contributed by atoms with Crippen molar-refractivity contribution in [3.8, 4) is 5.75 Å². The molecule has 1 N–H and O–H groups in total. The summed E-state index contributed by atoms with van der Waals surface area (Å²) in [5.74, 6) is 0.0452. The number of carboxylic acids is 1. The molecule has 1 aliphatic rings. The minimum absolute atomic E-state index is 0.122. The number of carbonyl (C=O) groups is 3. The molecule has 0 aromatic heterocycles. The number of unbranched alkanes of at least 4 members (excludes halogenated alkanes) is 8. The number of rotatable bonds is 23. The quantitative estimate of drug-likeness (QED) is 0.110. The third kappa shape index (κ3) is 14.4. The van der Waals surface area contributed by atoms with Crippen LogP contribution in [0.25, 0.3) is 0 Å². The van der Waals surface area contributed by atoms with E-state index in [-0.39, 0.29) is 17.5 Å². The summed E-state index contributed by atoms with van der Waals surface area (Å²) < 4.78 is 16.5. The van der Waals surface area contributed by atoms with Gasteiger partial charge in [0.1, 0.15) is 5.75 Å². The van der Waals surface area contributed by atoms with Crippen molar-refractivity contribution in [3.05, 3.63) is 29.3 Å². The zero-order valence-corrected chi connectivity index (χ0v) is 24.2. The topological polar surface area (TPSA) is 99.1 Å². The Labute approximate surface area is 235 Å². The molecule has 0 saturated heterocycles. The largest absolute Gasteiger partial charge is 0.494 e. The minimum Gasteiger partial charge on any atom is -0.494 e. The van der Waals surface area contributed by atoms with E-state index in [0.29, 0.717) is 63.1 Å². The first-order chi connectivity index (χ1) is 18.9. The number of hydrogen-bond acceptors (Lipinski definition) is 6. The molecular weight excluding hydrogens is 496 g/mol. The van der Waals surface area contributed by atoms with Gasteiger partial charge in [-0.15, -0.1) is 0 Å². The van der Waals surface area contributed by atoms with Gasteiger partial charge in [0, 0.05) is 12.8 Å². The van der Waals surface area contributed by atoms with E-state index in [2.05, 4.69) is 13.8 Å². The summed E-state index contributed by atoms with van der Waals surface area (Å²) in [4.78, 5) is 35.5. The molecule has 0 radical (unpaired) electrons. The molecule has 220 valence electrons. The van der Waals surface area contributed by atoms with Crippen molar-refractivity contribution >= 4 is 17.9 Å². The highest BCUT2D eigenvalue weighted by molar-refractivity contribution is 5.88. The fourth-order valence-corrected chi connectivity index (χ4v) is 4.84. The zero-order valence-electron chi connectivity index (χ0n) is 24.2. The van der Waals surface area contributed by atoms with Gasteiger partial charge < -0.3 is 19.3 Å². The zero-order chi connectivity index (χ0) is 28.3. The third-order valence-corrected chi connectivity index (χ3v) is 7.30. The lowest BCUT2D eigenvalue weighted by atomic mass is 10.0. The van der Waals surface area contributed by atoms with Crippen molar-refractivity contribution in [1.82, 2.24) is 0 Å². The molecule has 0 bridgehead atoms. The Morgan fingerprint density at radius 2 is 1.33 bits per heavy atom. The number of hydrogen-bond donors (Lipinski definition) is 1. The molecule has 1 aromatic carbocycles. The summed E-state index contributed by atoms with van der Waals surface area (Å²) >= 11 is 0. The fourth-order valence-electron chi connectivity index (χ4n) is 4.84. The van der Waals surface area contributed by atoms with E-state index in [0.717, 1.165) is 56.9 Å². The number of esters is 2. The van der Waals surface area contributed by atoms with Crippen LogP contribution in [0.3, 0.4) is 0 Å². The van der Waals surface area contributed by atoms with Crippen molar-refractivity contribution in [2.24, 2.45) is 5.92 Å². The van der Waals surface area contributed by atoms with Crippen molar-refractivity contribution in [3.63, 3.8) is 0 Å². The van der Waals surface area contributed by atoms with E-state index in [1.807, 2.05) is 6.07 Å². The highest BCUT2D eigenvalue weighted by Crippen LogP contribution is 2.51. The van der Waals surface area contributed by atoms with E-state index in [1.165, 1.54) is 25.7 Å². The Balaban J connectivity index is 1.66. The molecule has 1 aliphatic carbocycles. The summed E-state index contributed by atoms with van der Waals surface area (Å²) in [7, 11) is 0. The maximum atomic E-state index is 11.9. The van der Waals surface area contributed by atoms with Crippen LogP contribution in [0, 0.1) is 5.92 Å². The summed E-state index contributed by atoms with van der Waals surface area (Å²) in [6.45, 7) is 5.76. The summed E-state index contributed by atoms with van der Waals surface area (Å²) in [6.07, 6.45) is 14.9. The lowest BCUT2D eigenvalue weighted by Crippen LogP contribution is -2.07. The Morgan fingerprint density at radius 1 is 0.744 bits per heavy atom. The molecule has 1 fully saturated rings. The minimum atomic E-state index is -0.974. The van der Waals surface area contributed by atoms with Crippen molar-refractivity contribution in [1.29, 1.82) is 0 Å². The molecule has 0 aliphatic heterocycles. The molecule has 1 aromatic rings. The number of ether oxygens (including phenoxy) is 3. The van der Waals surface area contributed by atoms with Crippen molar-refractivity contribution in [2.75, 3.05) is 19.8 Å². The SMILES string of the molecule is CCCCCCCOC(=O)CCCCOc1cc(C(=O)O)cc(C2CC2CCCC(=O)OCCCCCC)c1. The molecule has 1 saturated carbocycles. The van der Waals surface area contributed by atoms with Gasteiger partial charge in [0.2, 0.25) is 0 Å². The van der Waals surface area contributed by atoms with Crippen molar-refractivity contribution in [2.45, 2.75) is 122 Å². The van der Waals surface area contributed by atoms with Crippen LogP contribution >= 0.6 is 0 Å². The predicted molar refractivity (Wildman–Crippen MR) is 152 cm³/mol. The molecule has 7 heteroatoms. The van der Waals surface area contributed by atoms with Gasteiger partial charge in [-0.05, 0) is 80.5 Å². The van der Waals surface area contributed by atoms with E-state index in [4.69, 9.17) is 14.2 Å². The van der Waals surface area contributed by atoms with Crippen LogP contribution in [0.15, 0.2) is 18.2 Å². The van der Waals surface area contributed by atoms with E-state index >= 15 is 0 Å².